The second-order valence-electron chi connectivity index (χ2n) is 7.80. The van der Waals surface area contributed by atoms with E-state index in [2.05, 4.69) is 15.6 Å². The molecule has 0 spiro atoms. The molecule has 0 aliphatic carbocycles. The van der Waals surface area contributed by atoms with E-state index in [0.29, 0.717) is 19.4 Å². The van der Waals surface area contributed by atoms with E-state index in [1.165, 1.54) is 0 Å². The van der Waals surface area contributed by atoms with Gasteiger partial charge in [-0.25, -0.2) is 4.98 Å². The van der Waals surface area contributed by atoms with Gasteiger partial charge in [0.1, 0.15) is 24.4 Å². The third kappa shape index (κ3) is 9.74. The molecule has 0 saturated heterocycles. The van der Waals surface area contributed by atoms with Gasteiger partial charge in [-0.3, -0.25) is 24.0 Å². The number of nitrogens with zero attached hydrogens (tertiary/aromatic N) is 2. The summed E-state index contributed by atoms with van der Waals surface area (Å²) in [4.78, 5) is 62.5. The molecule has 0 fully saturated rings. The zero-order valence-corrected chi connectivity index (χ0v) is 19.8. The lowest BCUT2D eigenvalue weighted by molar-refractivity contribution is -0.139. The number of nitrogens with two attached hydrogens (primary N) is 1. The van der Waals surface area contributed by atoms with Gasteiger partial charge in [0.15, 0.2) is 0 Å². The zero-order valence-electron chi connectivity index (χ0n) is 19.0. The number of carboxylic acid groups (broad SMARTS) is 2. The Kier molecular flexibility index (Phi) is 11.2. The highest BCUT2D eigenvalue weighted by Gasteiger charge is 2.23. The zero-order chi connectivity index (χ0) is 25.8. The number of nitrogens with one attached hydrogen (secondary N) is 2. The molecule has 2 aromatic rings. The van der Waals surface area contributed by atoms with Gasteiger partial charge in [0.05, 0.1) is 23.1 Å². The molecule has 2 amide bonds. The first-order valence-corrected chi connectivity index (χ1v) is 12.1. The van der Waals surface area contributed by atoms with Crippen molar-refractivity contribution in [3.8, 4) is 0 Å². The van der Waals surface area contributed by atoms with Gasteiger partial charge in [0.2, 0.25) is 11.8 Å². The Morgan fingerprint density at radius 3 is 2.57 bits per heavy atom. The van der Waals surface area contributed by atoms with Crippen LogP contribution in [-0.2, 0) is 30.5 Å². The van der Waals surface area contributed by atoms with Gasteiger partial charge >= 0.3 is 11.9 Å². The number of carboxylic acids is 2. The standard InChI is InChI=1S/C22H29N5O7S/c23-15(22(33)34)7-8-19(29)26-17(21(32)24-10-20(30)31)12-35-11-14(28)4-3-9-27-13-25-16-5-1-2-6-18(16)27/h1-2,5-6,13,15,17H,3-4,7-12,23H2,(H,24,32)(H,26,29)(H,30,31)(H,33,34)/t15?,17-/m0/s1. The molecule has 6 N–H and O–H groups in total. The number of rotatable bonds is 16. The average molecular weight is 508 g/mol. The molecule has 12 nitrogen and oxygen atoms in total. The van der Waals surface area contributed by atoms with Crippen molar-refractivity contribution in [2.45, 2.75) is 44.3 Å². The van der Waals surface area contributed by atoms with Gasteiger partial charge in [-0.05, 0) is 25.0 Å². The first kappa shape index (κ1) is 27.8. The van der Waals surface area contributed by atoms with E-state index < -0.39 is 42.4 Å². The molecule has 1 aromatic carbocycles. The number of aryl methyl sites for hydroxylation is 1. The van der Waals surface area contributed by atoms with Gasteiger partial charge in [-0.1, -0.05) is 12.1 Å². The van der Waals surface area contributed by atoms with Gasteiger partial charge in [0.25, 0.3) is 0 Å². The monoisotopic (exact) mass is 507 g/mol. The normalized spacial score (nSPS) is 12.6. The van der Waals surface area contributed by atoms with Crippen molar-refractivity contribution in [3.63, 3.8) is 0 Å². The van der Waals surface area contributed by atoms with E-state index >= 15 is 0 Å². The molecule has 2 atom stereocenters. The minimum absolute atomic E-state index is 0.0251. The van der Waals surface area contributed by atoms with Crippen molar-refractivity contribution in [1.29, 1.82) is 0 Å². The summed E-state index contributed by atoms with van der Waals surface area (Å²) in [5.74, 6) is -3.67. The molecule has 13 heteroatoms. The number of fused-ring (bicyclic) bond motifs is 1. The van der Waals surface area contributed by atoms with Crippen LogP contribution in [0, 0.1) is 0 Å². The Labute approximate surface area is 205 Å². The number of aromatic nitrogens is 2. The van der Waals surface area contributed by atoms with Crippen LogP contribution in [0.1, 0.15) is 25.7 Å². The van der Waals surface area contributed by atoms with Crippen molar-refractivity contribution >= 4 is 52.3 Å². The smallest absolute Gasteiger partial charge is 0.322 e. The maximum Gasteiger partial charge on any atom is 0.322 e. The molecule has 0 aliphatic heterocycles. The number of benzene rings is 1. The third-order valence-corrected chi connectivity index (χ3v) is 6.09. The minimum Gasteiger partial charge on any atom is -0.480 e. The largest absolute Gasteiger partial charge is 0.480 e. The molecule has 0 aliphatic rings. The number of imidazole rings is 1. The molecule has 1 heterocycles. The van der Waals surface area contributed by atoms with E-state index in [1.807, 2.05) is 28.8 Å². The first-order valence-electron chi connectivity index (χ1n) is 10.9. The number of carbonyl (C=O) groups is 5. The van der Waals surface area contributed by atoms with E-state index in [0.717, 1.165) is 22.8 Å². The molecule has 0 radical (unpaired) electrons. The van der Waals surface area contributed by atoms with Gasteiger partial charge in [-0.2, -0.15) is 11.8 Å². The Morgan fingerprint density at radius 1 is 1.11 bits per heavy atom. The summed E-state index contributed by atoms with van der Waals surface area (Å²) in [5, 5.41) is 22.2. The molecule has 0 bridgehead atoms. The maximum absolute atomic E-state index is 12.3. The van der Waals surface area contributed by atoms with Crippen LogP contribution in [0.25, 0.3) is 11.0 Å². The predicted octanol–water partition coefficient (Wildman–Crippen LogP) is -0.00350. The number of hydrogen-bond acceptors (Lipinski definition) is 8. The van der Waals surface area contributed by atoms with Crippen LogP contribution >= 0.6 is 11.8 Å². The van der Waals surface area contributed by atoms with Gasteiger partial charge < -0.3 is 31.1 Å². The minimum atomic E-state index is -1.25. The fourth-order valence-electron chi connectivity index (χ4n) is 3.14. The highest BCUT2D eigenvalue weighted by atomic mass is 32.2. The van der Waals surface area contributed by atoms with Crippen LogP contribution in [-0.4, -0.2) is 79.4 Å². The molecular weight excluding hydrogens is 478 g/mol. The number of thioether (sulfide) groups is 1. The molecule has 1 aromatic heterocycles. The van der Waals surface area contributed by atoms with Crippen LogP contribution in [0.2, 0.25) is 0 Å². The lowest BCUT2D eigenvalue weighted by Gasteiger charge is -2.18. The summed E-state index contributed by atoms with van der Waals surface area (Å²) >= 11 is 1.14. The predicted molar refractivity (Wildman–Crippen MR) is 129 cm³/mol. The fourth-order valence-corrected chi connectivity index (χ4v) is 4.10. The van der Waals surface area contributed by atoms with E-state index in [-0.39, 0.29) is 30.1 Å². The summed E-state index contributed by atoms with van der Waals surface area (Å²) in [6, 6.07) is 5.40. The summed E-state index contributed by atoms with van der Waals surface area (Å²) in [6.07, 6.45) is 2.33. The summed E-state index contributed by atoms with van der Waals surface area (Å²) in [5.41, 5.74) is 7.25. The fraction of sp³-hybridized carbons (Fsp3) is 0.455. The maximum atomic E-state index is 12.3. The molecule has 2 rings (SSSR count). The number of carbonyl (C=O) groups excluding carboxylic acids is 3. The van der Waals surface area contributed by atoms with Gasteiger partial charge in [0, 0.05) is 25.1 Å². The quantitative estimate of drug-likeness (QED) is 0.206. The Balaban J connectivity index is 1.79. The number of ketones is 1. The van der Waals surface area contributed by atoms with Crippen molar-refractivity contribution in [3.05, 3.63) is 30.6 Å². The SMILES string of the molecule is NC(CCC(=O)N[C@@H](CSCC(=O)CCCn1cnc2ccccc21)C(=O)NCC(=O)O)C(=O)O. The van der Waals surface area contributed by atoms with Crippen LogP contribution in [0.15, 0.2) is 30.6 Å². The molecule has 190 valence electrons. The van der Waals surface area contributed by atoms with E-state index in [4.69, 9.17) is 15.9 Å². The van der Waals surface area contributed by atoms with Gasteiger partial charge in [-0.15, -0.1) is 0 Å². The lowest BCUT2D eigenvalue weighted by Crippen LogP contribution is -2.49. The van der Waals surface area contributed by atoms with Crippen molar-refractivity contribution in [1.82, 2.24) is 20.2 Å². The molecular formula is C22H29N5O7S. The third-order valence-electron chi connectivity index (χ3n) is 4.99. The second kappa shape index (κ2) is 14.1. The molecule has 35 heavy (non-hydrogen) atoms. The lowest BCUT2D eigenvalue weighted by atomic mass is 10.1. The van der Waals surface area contributed by atoms with Crippen LogP contribution in [0.4, 0.5) is 0 Å². The highest BCUT2D eigenvalue weighted by Crippen LogP contribution is 2.13. The molecule has 0 saturated carbocycles. The Morgan fingerprint density at radius 2 is 1.86 bits per heavy atom. The van der Waals surface area contributed by atoms with Crippen LogP contribution < -0.4 is 16.4 Å². The number of hydrogen-bond donors (Lipinski definition) is 5. The number of para-hydroxylation sites is 2. The summed E-state index contributed by atoms with van der Waals surface area (Å²) in [7, 11) is 0. The number of amides is 2. The van der Waals surface area contributed by atoms with Crippen molar-refractivity contribution in [2.24, 2.45) is 5.73 Å². The number of Topliss-reactive ketones (excluding diaryl/α,β-unsaturated/α-hetero) is 1. The van der Waals surface area contributed by atoms with E-state index in [9.17, 15) is 24.0 Å². The van der Waals surface area contributed by atoms with Crippen molar-refractivity contribution < 1.29 is 34.2 Å². The first-order chi connectivity index (χ1) is 16.7. The highest BCUT2D eigenvalue weighted by molar-refractivity contribution is 8.00. The second-order valence-corrected chi connectivity index (χ2v) is 8.83. The van der Waals surface area contributed by atoms with Crippen LogP contribution in [0.5, 0.6) is 0 Å². The number of aliphatic carboxylic acids is 2. The van der Waals surface area contributed by atoms with E-state index in [1.54, 1.807) is 6.33 Å². The molecule has 1 unspecified atom stereocenters. The topological polar surface area (TPSA) is 194 Å². The summed E-state index contributed by atoms with van der Waals surface area (Å²) < 4.78 is 1.98. The summed E-state index contributed by atoms with van der Waals surface area (Å²) in [6.45, 7) is 0.00724. The Bertz CT molecular complexity index is 1060. The van der Waals surface area contributed by atoms with Crippen molar-refractivity contribution in [2.75, 3.05) is 18.1 Å². The van der Waals surface area contributed by atoms with Crippen LogP contribution in [0.3, 0.4) is 0 Å². The Hall–Kier alpha value is -3.45. The average Bonchev–Trinajstić information content (AvgIpc) is 3.23.